The van der Waals surface area contributed by atoms with Crippen molar-refractivity contribution in [1.29, 1.82) is 0 Å². The predicted molar refractivity (Wildman–Crippen MR) is 136 cm³/mol. The molecular weight excluding hydrogens is 459 g/mol. The molecule has 2 N–H and O–H groups in total. The lowest BCUT2D eigenvalue weighted by atomic mass is 10.0. The Kier molecular flexibility index (Phi) is 6.62. The summed E-state index contributed by atoms with van der Waals surface area (Å²) in [6.07, 6.45) is 4.37. The number of allylic oxidation sites excluding steroid dienone is 1. The second kappa shape index (κ2) is 10.2. The second-order valence-electron chi connectivity index (χ2n) is 8.82. The molecule has 1 aliphatic carbocycles. The lowest BCUT2D eigenvalue weighted by Crippen LogP contribution is -2.52. The van der Waals surface area contributed by atoms with E-state index in [4.69, 9.17) is 0 Å². The smallest absolute Gasteiger partial charge is 0.317 e. The Bertz CT molecular complexity index is 1320. The molecule has 1 saturated heterocycles. The first-order valence-electron chi connectivity index (χ1n) is 11.9. The number of anilines is 1. The molecule has 0 atom stereocenters. The summed E-state index contributed by atoms with van der Waals surface area (Å²) < 4.78 is 13.1. The first kappa shape index (κ1) is 23.5. The summed E-state index contributed by atoms with van der Waals surface area (Å²) in [6.45, 7) is 2.80. The molecule has 3 amide bonds. The molecule has 1 aliphatic heterocycles. The van der Waals surface area contributed by atoms with Crippen LogP contribution < -0.4 is 15.5 Å². The highest BCUT2D eigenvalue weighted by Crippen LogP contribution is 2.35. The first-order chi connectivity index (χ1) is 17.5. The maximum atomic E-state index is 13.1. The zero-order valence-electron chi connectivity index (χ0n) is 20.0. The van der Waals surface area contributed by atoms with Gasteiger partial charge in [0.15, 0.2) is 0 Å². The van der Waals surface area contributed by atoms with Gasteiger partial charge in [0.25, 0.3) is 5.91 Å². The summed E-state index contributed by atoms with van der Waals surface area (Å²) >= 11 is 0. The second-order valence-corrected chi connectivity index (χ2v) is 8.82. The van der Waals surface area contributed by atoms with Gasteiger partial charge >= 0.3 is 6.03 Å². The van der Waals surface area contributed by atoms with Crippen molar-refractivity contribution >= 4 is 29.4 Å². The number of fused-ring (bicyclic) bond motifs is 1. The highest BCUT2D eigenvalue weighted by Gasteiger charge is 2.26. The molecule has 0 spiro atoms. The van der Waals surface area contributed by atoms with Crippen LogP contribution in [0, 0.1) is 5.82 Å². The predicted octanol–water partition coefficient (Wildman–Crippen LogP) is 3.10. The van der Waals surface area contributed by atoms with Crippen molar-refractivity contribution in [3.63, 3.8) is 0 Å². The van der Waals surface area contributed by atoms with Gasteiger partial charge in [-0.1, -0.05) is 24.3 Å². The molecule has 1 fully saturated rings. The third-order valence-corrected chi connectivity index (χ3v) is 6.57. The fraction of sp³-hybridized carbons (Fsp3) is 0.259. The number of benzene rings is 2. The van der Waals surface area contributed by atoms with Gasteiger partial charge in [-0.3, -0.25) is 4.79 Å². The summed E-state index contributed by atoms with van der Waals surface area (Å²) in [7, 11) is 1.62. The SMILES string of the molecule is CNC(=O)c1cccc(C2=Cc3c(ncnc3N3CCN(C(=O)NCc4ccc(F)cc4)CC3)C2)c1. The summed E-state index contributed by atoms with van der Waals surface area (Å²) in [5, 5.41) is 5.57. The van der Waals surface area contributed by atoms with Crippen molar-refractivity contribution in [2.24, 2.45) is 0 Å². The molecule has 184 valence electrons. The minimum atomic E-state index is -0.295. The fourth-order valence-electron chi connectivity index (χ4n) is 4.57. The molecule has 36 heavy (non-hydrogen) atoms. The van der Waals surface area contributed by atoms with Crippen LogP contribution in [0.25, 0.3) is 11.6 Å². The number of nitrogens with one attached hydrogen (secondary N) is 2. The van der Waals surface area contributed by atoms with E-state index < -0.39 is 0 Å². The average molecular weight is 487 g/mol. The zero-order chi connectivity index (χ0) is 25.1. The molecule has 2 aromatic carbocycles. The third kappa shape index (κ3) is 4.91. The Morgan fingerprint density at radius 1 is 1.03 bits per heavy atom. The molecule has 0 saturated carbocycles. The van der Waals surface area contributed by atoms with E-state index in [-0.39, 0.29) is 17.8 Å². The Labute approximate surface area is 208 Å². The van der Waals surface area contributed by atoms with Crippen molar-refractivity contribution in [2.75, 3.05) is 38.1 Å². The number of amides is 3. The van der Waals surface area contributed by atoms with Gasteiger partial charge in [0, 0.05) is 57.3 Å². The van der Waals surface area contributed by atoms with Crippen LogP contribution in [0.1, 0.15) is 32.7 Å². The van der Waals surface area contributed by atoms with Crippen molar-refractivity contribution in [3.8, 4) is 0 Å². The van der Waals surface area contributed by atoms with Crippen molar-refractivity contribution in [3.05, 3.63) is 88.6 Å². The maximum absolute atomic E-state index is 13.1. The van der Waals surface area contributed by atoms with Gasteiger partial charge in [0.1, 0.15) is 18.0 Å². The van der Waals surface area contributed by atoms with E-state index in [1.807, 2.05) is 18.2 Å². The van der Waals surface area contributed by atoms with Gasteiger partial charge in [0.05, 0.1) is 5.69 Å². The number of nitrogens with zero attached hydrogens (tertiary/aromatic N) is 4. The van der Waals surface area contributed by atoms with Crippen LogP contribution in [0.2, 0.25) is 0 Å². The Hall–Kier alpha value is -4.27. The number of aromatic nitrogens is 2. The number of piperazine rings is 1. The Morgan fingerprint density at radius 3 is 2.56 bits per heavy atom. The Balaban J connectivity index is 1.24. The van der Waals surface area contributed by atoms with E-state index in [0.717, 1.165) is 33.8 Å². The standard InChI is InChI=1S/C27H27FN6O2/c1-29-26(35)20-4-2-3-19(13-20)21-14-23-24(15-21)31-17-32-25(23)33-9-11-34(12-10-33)27(36)30-16-18-5-7-22(28)8-6-18/h2-8,13-14,17H,9-12,15-16H2,1H3,(H,29,35)(H,30,36). The molecule has 0 unspecified atom stereocenters. The number of halogens is 1. The minimum absolute atomic E-state index is 0.118. The largest absolute Gasteiger partial charge is 0.355 e. The molecule has 3 aromatic rings. The van der Waals surface area contributed by atoms with E-state index >= 15 is 0 Å². The van der Waals surface area contributed by atoms with E-state index in [2.05, 4.69) is 31.6 Å². The molecule has 9 heteroatoms. The van der Waals surface area contributed by atoms with Crippen LogP contribution in [0.15, 0.2) is 54.9 Å². The summed E-state index contributed by atoms with van der Waals surface area (Å²) in [5.74, 6) is 0.452. The van der Waals surface area contributed by atoms with Gasteiger partial charge < -0.3 is 20.4 Å². The molecule has 0 radical (unpaired) electrons. The van der Waals surface area contributed by atoms with Crippen LogP contribution >= 0.6 is 0 Å². The number of urea groups is 1. The highest BCUT2D eigenvalue weighted by molar-refractivity contribution is 5.97. The highest BCUT2D eigenvalue weighted by atomic mass is 19.1. The lowest BCUT2D eigenvalue weighted by molar-refractivity contribution is 0.0963. The van der Waals surface area contributed by atoms with Gasteiger partial charge in [-0.25, -0.2) is 19.2 Å². The van der Waals surface area contributed by atoms with Gasteiger partial charge in [-0.15, -0.1) is 0 Å². The number of hydrogen-bond acceptors (Lipinski definition) is 5. The van der Waals surface area contributed by atoms with Gasteiger partial charge in [-0.05, 0) is 47.0 Å². The molecule has 5 rings (SSSR count). The monoisotopic (exact) mass is 486 g/mol. The Morgan fingerprint density at radius 2 is 1.81 bits per heavy atom. The first-order valence-corrected chi connectivity index (χ1v) is 11.9. The van der Waals surface area contributed by atoms with Crippen molar-refractivity contribution in [1.82, 2.24) is 25.5 Å². The molecule has 2 aliphatic rings. The number of rotatable bonds is 5. The molecular formula is C27H27FN6O2. The van der Waals surface area contributed by atoms with E-state index in [1.54, 1.807) is 36.5 Å². The van der Waals surface area contributed by atoms with Crippen molar-refractivity contribution in [2.45, 2.75) is 13.0 Å². The van der Waals surface area contributed by atoms with Crippen LogP contribution in [0.5, 0.6) is 0 Å². The number of hydrogen-bond donors (Lipinski definition) is 2. The third-order valence-electron chi connectivity index (χ3n) is 6.57. The summed E-state index contributed by atoms with van der Waals surface area (Å²) in [4.78, 5) is 37.7. The van der Waals surface area contributed by atoms with E-state index in [0.29, 0.717) is 44.7 Å². The van der Waals surface area contributed by atoms with Crippen LogP contribution in [-0.2, 0) is 13.0 Å². The summed E-state index contributed by atoms with van der Waals surface area (Å²) in [6, 6.07) is 13.6. The molecule has 1 aromatic heterocycles. The molecule has 8 nitrogen and oxygen atoms in total. The summed E-state index contributed by atoms with van der Waals surface area (Å²) in [5.41, 5.74) is 5.50. The lowest BCUT2D eigenvalue weighted by Gasteiger charge is -2.36. The van der Waals surface area contributed by atoms with Crippen molar-refractivity contribution < 1.29 is 14.0 Å². The maximum Gasteiger partial charge on any atom is 0.317 e. The minimum Gasteiger partial charge on any atom is -0.355 e. The van der Waals surface area contributed by atoms with Crippen LogP contribution in [-0.4, -0.2) is 60.0 Å². The normalized spacial score (nSPS) is 14.8. The average Bonchev–Trinajstić information content (AvgIpc) is 3.37. The topological polar surface area (TPSA) is 90.5 Å². The van der Waals surface area contributed by atoms with E-state index in [1.165, 1.54) is 12.1 Å². The molecule has 0 bridgehead atoms. The number of carbonyl (C=O) groups excluding carboxylic acids is 2. The fourth-order valence-corrected chi connectivity index (χ4v) is 4.57. The van der Waals surface area contributed by atoms with Gasteiger partial charge in [0.2, 0.25) is 0 Å². The van der Waals surface area contributed by atoms with Crippen LogP contribution in [0.4, 0.5) is 15.0 Å². The van der Waals surface area contributed by atoms with Gasteiger partial charge in [-0.2, -0.15) is 0 Å². The molecule has 2 heterocycles. The quantitative estimate of drug-likeness (QED) is 0.579. The van der Waals surface area contributed by atoms with E-state index in [9.17, 15) is 14.0 Å². The van der Waals surface area contributed by atoms with Crippen LogP contribution in [0.3, 0.4) is 0 Å². The zero-order valence-corrected chi connectivity index (χ0v) is 20.0. The number of carbonyl (C=O) groups is 2.